The van der Waals surface area contributed by atoms with E-state index in [4.69, 9.17) is 16.3 Å². The minimum Gasteiger partial charge on any atom is -0.497 e. The quantitative estimate of drug-likeness (QED) is 0.560. The van der Waals surface area contributed by atoms with Crippen molar-refractivity contribution in [1.82, 2.24) is 5.32 Å². The van der Waals surface area contributed by atoms with Gasteiger partial charge in [-0.2, -0.15) is 0 Å². The van der Waals surface area contributed by atoms with Gasteiger partial charge in [0.15, 0.2) is 0 Å². The van der Waals surface area contributed by atoms with Crippen LogP contribution in [0.5, 0.6) is 5.75 Å². The van der Waals surface area contributed by atoms with Gasteiger partial charge < -0.3 is 10.1 Å². The lowest BCUT2D eigenvalue weighted by atomic mass is 10.2. The van der Waals surface area contributed by atoms with Crippen molar-refractivity contribution in [2.24, 2.45) is 0 Å². The van der Waals surface area contributed by atoms with E-state index < -0.39 is 21.7 Å². The molecule has 3 rings (SSSR count). The standard InChI is InChI=1S/C20H18ClFN2O4S2/c1-24(30(26,27)16-7-5-15(28-2)6-8-16)18-9-10-29-19(18)20(25)23-12-13-3-4-14(22)11-17(13)21/h3-11H,12H2,1-2H3,(H,23,25). The number of amides is 1. The van der Waals surface area contributed by atoms with Gasteiger partial charge >= 0.3 is 0 Å². The van der Waals surface area contributed by atoms with Crippen molar-refractivity contribution in [1.29, 1.82) is 0 Å². The van der Waals surface area contributed by atoms with E-state index in [1.165, 1.54) is 38.4 Å². The molecule has 0 fully saturated rings. The van der Waals surface area contributed by atoms with Crippen molar-refractivity contribution in [3.8, 4) is 5.75 Å². The van der Waals surface area contributed by atoms with Crippen LogP contribution in [-0.4, -0.2) is 28.5 Å². The Hall–Kier alpha value is -2.62. The van der Waals surface area contributed by atoms with Crippen molar-refractivity contribution in [2.45, 2.75) is 11.4 Å². The van der Waals surface area contributed by atoms with E-state index >= 15 is 0 Å². The molecule has 158 valence electrons. The minimum absolute atomic E-state index is 0.0708. The predicted molar refractivity (Wildman–Crippen MR) is 115 cm³/mol. The molecule has 0 aliphatic heterocycles. The van der Waals surface area contributed by atoms with Gasteiger partial charge in [0.2, 0.25) is 0 Å². The van der Waals surface area contributed by atoms with Crippen molar-refractivity contribution in [3.63, 3.8) is 0 Å². The van der Waals surface area contributed by atoms with E-state index in [-0.39, 0.29) is 27.0 Å². The Labute approximate surface area is 182 Å². The van der Waals surface area contributed by atoms with Crippen molar-refractivity contribution < 1.29 is 22.3 Å². The monoisotopic (exact) mass is 468 g/mol. The zero-order chi connectivity index (χ0) is 21.9. The average molecular weight is 469 g/mol. The molecule has 0 saturated carbocycles. The van der Waals surface area contributed by atoms with Gasteiger partial charge in [-0.25, -0.2) is 12.8 Å². The SMILES string of the molecule is COc1ccc(S(=O)(=O)N(C)c2ccsc2C(=O)NCc2ccc(F)cc2Cl)cc1. The number of hydrogen-bond donors (Lipinski definition) is 1. The smallest absolute Gasteiger partial charge is 0.264 e. The summed E-state index contributed by atoms with van der Waals surface area (Å²) >= 11 is 7.10. The molecule has 30 heavy (non-hydrogen) atoms. The molecule has 1 amide bonds. The maximum Gasteiger partial charge on any atom is 0.264 e. The van der Waals surface area contributed by atoms with E-state index in [9.17, 15) is 17.6 Å². The molecule has 1 aromatic heterocycles. The van der Waals surface area contributed by atoms with Crippen LogP contribution in [0, 0.1) is 5.82 Å². The predicted octanol–water partition coefficient (Wildman–Crippen LogP) is 4.30. The zero-order valence-electron chi connectivity index (χ0n) is 16.1. The number of anilines is 1. The number of hydrogen-bond acceptors (Lipinski definition) is 5. The zero-order valence-corrected chi connectivity index (χ0v) is 18.4. The highest BCUT2D eigenvalue weighted by Gasteiger charge is 2.26. The van der Waals surface area contributed by atoms with Crippen LogP contribution in [0.15, 0.2) is 58.8 Å². The normalized spacial score (nSPS) is 11.2. The largest absolute Gasteiger partial charge is 0.497 e. The summed E-state index contributed by atoms with van der Waals surface area (Å²) in [5.74, 6) is -0.398. The summed E-state index contributed by atoms with van der Waals surface area (Å²) in [5, 5.41) is 4.52. The number of carbonyl (C=O) groups is 1. The molecule has 1 N–H and O–H groups in total. The third-order valence-electron chi connectivity index (χ3n) is 4.36. The summed E-state index contributed by atoms with van der Waals surface area (Å²) in [5.41, 5.74) is 0.794. The number of benzene rings is 2. The molecular formula is C20H18ClFN2O4S2. The van der Waals surface area contributed by atoms with E-state index in [1.807, 2.05) is 0 Å². The number of thiophene rings is 1. The van der Waals surface area contributed by atoms with Crippen LogP contribution in [0.2, 0.25) is 5.02 Å². The molecule has 3 aromatic rings. The van der Waals surface area contributed by atoms with Gasteiger partial charge in [0.25, 0.3) is 15.9 Å². The number of carbonyl (C=O) groups excluding carboxylic acids is 1. The van der Waals surface area contributed by atoms with Crippen molar-refractivity contribution in [3.05, 3.63) is 75.2 Å². The summed E-state index contributed by atoms with van der Waals surface area (Å²) in [4.78, 5) is 13.0. The van der Waals surface area contributed by atoms with Gasteiger partial charge in [0.1, 0.15) is 16.4 Å². The van der Waals surface area contributed by atoms with E-state index in [1.54, 1.807) is 23.6 Å². The highest BCUT2D eigenvalue weighted by Crippen LogP contribution is 2.30. The topological polar surface area (TPSA) is 75.7 Å². The first-order valence-electron chi connectivity index (χ1n) is 8.66. The van der Waals surface area contributed by atoms with Gasteiger partial charge in [-0.1, -0.05) is 17.7 Å². The molecule has 10 heteroatoms. The number of ether oxygens (including phenoxy) is 1. The molecule has 1 heterocycles. The first kappa shape index (κ1) is 22.1. The number of nitrogens with one attached hydrogen (secondary N) is 1. The van der Waals surface area contributed by atoms with Crippen LogP contribution in [0.1, 0.15) is 15.2 Å². The van der Waals surface area contributed by atoms with Crippen LogP contribution in [0.3, 0.4) is 0 Å². The second-order valence-electron chi connectivity index (χ2n) is 6.20. The summed E-state index contributed by atoms with van der Waals surface area (Å²) < 4.78 is 45.2. The van der Waals surface area contributed by atoms with Crippen molar-refractivity contribution in [2.75, 3.05) is 18.5 Å². The molecule has 0 atom stereocenters. The fraction of sp³-hybridized carbons (Fsp3) is 0.150. The Kier molecular flexibility index (Phi) is 6.64. The lowest BCUT2D eigenvalue weighted by molar-refractivity contribution is 0.0955. The average Bonchev–Trinajstić information content (AvgIpc) is 3.22. The minimum atomic E-state index is -3.88. The van der Waals surface area contributed by atoms with Crippen LogP contribution in [0.25, 0.3) is 0 Å². The number of halogens is 2. The second kappa shape index (κ2) is 9.03. The van der Waals surface area contributed by atoms with Crippen LogP contribution in [-0.2, 0) is 16.6 Å². The van der Waals surface area contributed by atoms with Gasteiger partial charge in [0.05, 0.1) is 17.7 Å². The molecule has 2 aromatic carbocycles. The summed E-state index contributed by atoms with van der Waals surface area (Å²) in [6, 6.07) is 11.4. The Morgan fingerprint density at radius 1 is 1.20 bits per heavy atom. The van der Waals surface area contributed by atoms with E-state index in [0.29, 0.717) is 11.3 Å². The van der Waals surface area contributed by atoms with Crippen molar-refractivity contribution >= 4 is 44.6 Å². The number of methoxy groups -OCH3 is 1. The molecule has 0 saturated heterocycles. The first-order valence-corrected chi connectivity index (χ1v) is 11.4. The third-order valence-corrected chi connectivity index (χ3v) is 7.40. The molecule has 0 aliphatic carbocycles. The molecule has 0 bridgehead atoms. The van der Waals surface area contributed by atoms with Gasteiger partial charge in [0, 0.05) is 18.6 Å². The lowest BCUT2D eigenvalue weighted by Crippen LogP contribution is -2.29. The van der Waals surface area contributed by atoms with Crippen LogP contribution >= 0.6 is 22.9 Å². The Balaban J connectivity index is 1.79. The maximum atomic E-state index is 13.2. The number of nitrogens with zero attached hydrogens (tertiary/aromatic N) is 1. The van der Waals surface area contributed by atoms with Gasteiger partial charge in [-0.05, 0) is 53.4 Å². The highest BCUT2D eigenvalue weighted by atomic mass is 35.5. The Bertz CT molecular complexity index is 1160. The molecule has 6 nitrogen and oxygen atoms in total. The molecular weight excluding hydrogens is 451 g/mol. The molecule has 0 aliphatic rings. The van der Waals surface area contributed by atoms with Gasteiger partial charge in [-0.15, -0.1) is 11.3 Å². The number of rotatable bonds is 7. The molecule has 0 radical (unpaired) electrons. The number of sulfonamides is 1. The fourth-order valence-electron chi connectivity index (χ4n) is 2.68. The van der Waals surface area contributed by atoms with E-state index in [2.05, 4.69) is 5.32 Å². The van der Waals surface area contributed by atoms with Crippen LogP contribution < -0.4 is 14.4 Å². The highest BCUT2D eigenvalue weighted by molar-refractivity contribution is 7.92. The lowest BCUT2D eigenvalue weighted by Gasteiger charge is -2.20. The summed E-state index contributed by atoms with van der Waals surface area (Å²) in [6.45, 7) is 0.0736. The van der Waals surface area contributed by atoms with E-state index in [0.717, 1.165) is 21.7 Å². The summed E-state index contributed by atoms with van der Waals surface area (Å²) in [6.07, 6.45) is 0. The first-order chi connectivity index (χ1) is 14.2. The van der Waals surface area contributed by atoms with Gasteiger partial charge in [-0.3, -0.25) is 9.10 Å². The Morgan fingerprint density at radius 3 is 2.53 bits per heavy atom. The summed E-state index contributed by atoms with van der Waals surface area (Å²) in [7, 11) is -1.00. The van der Waals surface area contributed by atoms with Crippen LogP contribution in [0.4, 0.5) is 10.1 Å². The molecule has 0 unspecified atom stereocenters. The molecule has 0 spiro atoms. The second-order valence-corrected chi connectivity index (χ2v) is 9.49. The maximum absolute atomic E-state index is 13.2. The Morgan fingerprint density at radius 2 is 1.90 bits per heavy atom. The fourth-order valence-corrected chi connectivity index (χ4v) is 5.01. The third kappa shape index (κ3) is 4.58.